The largest absolute Gasteiger partial charge is 0.467 e. The zero-order valence-corrected chi connectivity index (χ0v) is 12.4. The van der Waals surface area contributed by atoms with E-state index in [4.69, 9.17) is 8.92 Å². The third kappa shape index (κ3) is 5.68. The van der Waals surface area contributed by atoms with Crippen LogP contribution >= 0.6 is 0 Å². The number of esters is 1. The van der Waals surface area contributed by atoms with Crippen LogP contribution in [0.1, 0.15) is 12.5 Å². The molecule has 0 aliphatic carbocycles. The Labute approximate surface area is 118 Å². The van der Waals surface area contributed by atoms with E-state index < -0.39 is 28.3 Å². The molecule has 2 unspecified atom stereocenters. The van der Waals surface area contributed by atoms with Gasteiger partial charge in [0.1, 0.15) is 0 Å². The summed E-state index contributed by atoms with van der Waals surface area (Å²) < 4.78 is 37.0. The zero-order chi connectivity index (χ0) is 15.2. The third-order valence-electron chi connectivity index (χ3n) is 2.49. The van der Waals surface area contributed by atoms with Crippen molar-refractivity contribution in [1.29, 1.82) is 0 Å². The highest BCUT2D eigenvalue weighted by Crippen LogP contribution is 2.12. The summed E-state index contributed by atoms with van der Waals surface area (Å²) in [5, 5.41) is 0. The molecule has 0 amide bonds. The second-order valence-corrected chi connectivity index (χ2v) is 5.85. The first-order valence-electron chi connectivity index (χ1n) is 5.95. The van der Waals surface area contributed by atoms with Crippen molar-refractivity contribution in [1.82, 2.24) is 0 Å². The van der Waals surface area contributed by atoms with Crippen molar-refractivity contribution < 1.29 is 26.9 Å². The van der Waals surface area contributed by atoms with Crippen molar-refractivity contribution in [2.75, 3.05) is 13.4 Å². The lowest BCUT2D eigenvalue weighted by molar-refractivity contribution is -0.156. The molecule has 0 heterocycles. The maximum Gasteiger partial charge on any atom is 0.339 e. The first kappa shape index (κ1) is 16.6. The number of carbonyl (C=O) groups is 1. The molecule has 0 aliphatic rings. The predicted octanol–water partition coefficient (Wildman–Crippen LogP) is 1.11. The van der Waals surface area contributed by atoms with Crippen molar-refractivity contribution in [3.63, 3.8) is 0 Å². The van der Waals surface area contributed by atoms with Crippen LogP contribution in [0.3, 0.4) is 0 Å². The van der Waals surface area contributed by atoms with Crippen LogP contribution in [0.5, 0.6) is 0 Å². The van der Waals surface area contributed by atoms with Crippen LogP contribution in [-0.2, 0) is 35.2 Å². The first-order valence-corrected chi connectivity index (χ1v) is 7.76. The van der Waals surface area contributed by atoms with E-state index in [1.807, 2.05) is 30.3 Å². The van der Waals surface area contributed by atoms with Crippen molar-refractivity contribution in [2.45, 2.75) is 25.7 Å². The molecule has 6 nitrogen and oxygen atoms in total. The molecule has 0 aliphatic heterocycles. The topological polar surface area (TPSA) is 78.9 Å². The van der Waals surface area contributed by atoms with Gasteiger partial charge in [-0.2, -0.15) is 8.42 Å². The zero-order valence-electron chi connectivity index (χ0n) is 11.6. The van der Waals surface area contributed by atoms with Gasteiger partial charge in [0.25, 0.3) is 10.1 Å². The van der Waals surface area contributed by atoms with Crippen LogP contribution < -0.4 is 0 Å². The van der Waals surface area contributed by atoms with Crippen molar-refractivity contribution in [3.05, 3.63) is 35.9 Å². The average molecular weight is 302 g/mol. The van der Waals surface area contributed by atoms with Crippen LogP contribution in [0.2, 0.25) is 0 Å². The molecule has 0 saturated heterocycles. The molecular formula is C13H18O6S. The maximum absolute atomic E-state index is 11.6. The van der Waals surface area contributed by atoms with Gasteiger partial charge in [0.2, 0.25) is 0 Å². The predicted molar refractivity (Wildman–Crippen MR) is 72.4 cm³/mol. The number of hydrogen-bond donors (Lipinski definition) is 0. The molecule has 1 aromatic rings. The summed E-state index contributed by atoms with van der Waals surface area (Å²) in [4.78, 5) is 11.6. The van der Waals surface area contributed by atoms with Crippen LogP contribution in [0, 0.1) is 0 Å². The summed E-state index contributed by atoms with van der Waals surface area (Å²) in [5.41, 5.74) is 0.905. The summed E-state index contributed by atoms with van der Waals surface area (Å²) >= 11 is 0. The number of methoxy groups -OCH3 is 1. The molecule has 1 rings (SSSR count). The summed E-state index contributed by atoms with van der Waals surface area (Å²) in [5.74, 6) is -0.795. The molecule has 0 spiro atoms. The second-order valence-electron chi connectivity index (χ2n) is 4.25. The van der Waals surface area contributed by atoms with Crippen LogP contribution in [-0.4, -0.2) is 40.0 Å². The Morgan fingerprint density at radius 2 is 1.85 bits per heavy atom. The quantitative estimate of drug-likeness (QED) is 0.554. The molecule has 2 atom stereocenters. The normalized spacial score (nSPS) is 14.6. The lowest BCUT2D eigenvalue weighted by atomic mass is 10.2. The van der Waals surface area contributed by atoms with Crippen LogP contribution in [0.25, 0.3) is 0 Å². The molecule has 0 fully saturated rings. The van der Waals surface area contributed by atoms with Gasteiger partial charge in [-0.3, -0.25) is 4.18 Å². The Hall–Kier alpha value is -1.44. The van der Waals surface area contributed by atoms with Gasteiger partial charge in [-0.1, -0.05) is 30.3 Å². The third-order valence-corrected chi connectivity index (χ3v) is 3.05. The molecular weight excluding hydrogens is 284 g/mol. The fraction of sp³-hybridized carbons (Fsp3) is 0.462. The SMILES string of the molecule is COC(=O)C(OS(C)(=O)=O)C(C)OCc1ccccc1. The van der Waals surface area contributed by atoms with Gasteiger partial charge in [0, 0.05) is 0 Å². The van der Waals surface area contributed by atoms with E-state index in [9.17, 15) is 13.2 Å². The number of hydrogen-bond acceptors (Lipinski definition) is 6. The maximum atomic E-state index is 11.6. The molecule has 20 heavy (non-hydrogen) atoms. The Morgan fingerprint density at radius 3 is 2.35 bits per heavy atom. The molecule has 112 valence electrons. The van der Waals surface area contributed by atoms with Gasteiger partial charge in [-0.15, -0.1) is 0 Å². The molecule has 7 heteroatoms. The molecule has 0 saturated carbocycles. The number of carbonyl (C=O) groups excluding carboxylic acids is 1. The van der Waals surface area contributed by atoms with E-state index in [2.05, 4.69) is 4.74 Å². The summed E-state index contributed by atoms with van der Waals surface area (Å²) in [6.45, 7) is 1.79. The lowest BCUT2D eigenvalue weighted by Gasteiger charge is -2.21. The van der Waals surface area contributed by atoms with E-state index in [1.165, 1.54) is 0 Å². The standard InChI is InChI=1S/C13H18O6S/c1-10(18-9-11-7-5-4-6-8-11)12(13(14)17-2)19-20(3,15)16/h4-8,10,12H,9H2,1-3H3. The fourth-order valence-corrected chi connectivity index (χ4v) is 2.11. The molecule has 0 aromatic heterocycles. The van der Waals surface area contributed by atoms with Crippen molar-refractivity contribution in [2.24, 2.45) is 0 Å². The van der Waals surface area contributed by atoms with E-state index in [0.717, 1.165) is 18.9 Å². The van der Waals surface area contributed by atoms with E-state index in [-0.39, 0.29) is 6.61 Å². The minimum atomic E-state index is -3.79. The monoisotopic (exact) mass is 302 g/mol. The highest BCUT2D eigenvalue weighted by Gasteiger charge is 2.31. The Bertz CT molecular complexity index is 525. The van der Waals surface area contributed by atoms with Crippen molar-refractivity contribution in [3.8, 4) is 0 Å². The summed E-state index contributed by atoms with van der Waals surface area (Å²) in [6, 6.07) is 9.30. The average Bonchev–Trinajstić information content (AvgIpc) is 2.41. The number of benzene rings is 1. The molecule has 0 bridgehead atoms. The highest BCUT2D eigenvalue weighted by atomic mass is 32.2. The van der Waals surface area contributed by atoms with Gasteiger partial charge in [-0.05, 0) is 12.5 Å². The van der Waals surface area contributed by atoms with Crippen LogP contribution in [0.4, 0.5) is 0 Å². The van der Waals surface area contributed by atoms with E-state index in [1.54, 1.807) is 6.92 Å². The number of rotatable bonds is 7. The fourth-order valence-electron chi connectivity index (χ4n) is 1.50. The van der Waals surface area contributed by atoms with Gasteiger partial charge in [0.15, 0.2) is 6.10 Å². The molecule has 0 radical (unpaired) electrons. The van der Waals surface area contributed by atoms with E-state index in [0.29, 0.717) is 0 Å². The van der Waals surface area contributed by atoms with Crippen molar-refractivity contribution >= 4 is 16.1 Å². The molecule has 1 aromatic carbocycles. The summed E-state index contributed by atoms with van der Waals surface area (Å²) in [6.07, 6.45) is -1.22. The lowest BCUT2D eigenvalue weighted by Crippen LogP contribution is -2.38. The van der Waals surface area contributed by atoms with E-state index >= 15 is 0 Å². The Morgan fingerprint density at radius 1 is 1.25 bits per heavy atom. The smallest absolute Gasteiger partial charge is 0.339 e. The number of ether oxygens (including phenoxy) is 2. The summed E-state index contributed by atoms with van der Waals surface area (Å²) in [7, 11) is -2.63. The van der Waals surface area contributed by atoms with Crippen LogP contribution in [0.15, 0.2) is 30.3 Å². The Kier molecular flexibility index (Phi) is 6.12. The first-order chi connectivity index (χ1) is 9.33. The van der Waals surface area contributed by atoms with Gasteiger partial charge in [0.05, 0.1) is 26.1 Å². The Balaban J connectivity index is 2.68. The van der Waals surface area contributed by atoms with Gasteiger partial charge < -0.3 is 9.47 Å². The van der Waals surface area contributed by atoms with Gasteiger partial charge >= 0.3 is 5.97 Å². The second kappa shape index (κ2) is 7.37. The molecule has 0 N–H and O–H groups in total. The minimum Gasteiger partial charge on any atom is -0.467 e. The highest BCUT2D eigenvalue weighted by molar-refractivity contribution is 7.86. The van der Waals surface area contributed by atoms with Gasteiger partial charge in [-0.25, -0.2) is 4.79 Å². The minimum absolute atomic E-state index is 0.239.